The molecule has 3 N–H and O–H groups in total. The summed E-state index contributed by atoms with van der Waals surface area (Å²) in [6.45, 7) is 3.51. The second kappa shape index (κ2) is 5.13. The van der Waals surface area contributed by atoms with Crippen molar-refractivity contribution in [3.05, 3.63) is 35.6 Å². The predicted molar refractivity (Wildman–Crippen MR) is 72.6 cm³/mol. The van der Waals surface area contributed by atoms with Gasteiger partial charge in [-0.3, -0.25) is 9.59 Å². The summed E-state index contributed by atoms with van der Waals surface area (Å²) in [5.74, 6) is -2.63. The molecule has 106 valence electrons. The summed E-state index contributed by atoms with van der Waals surface area (Å²) in [6.07, 6.45) is 0.518. The highest BCUT2D eigenvalue weighted by molar-refractivity contribution is 6.20. The molecule has 0 saturated carbocycles. The molecule has 2 amide bonds. The molecule has 20 heavy (non-hydrogen) atoms. The van der Waals surface area contributed by atoms with Crippen LogP contribution in [0.25, 0.3) is 0 Å². The number of amidine groups is 1. The van der Waals surface area contributed by atoms with Gasteiger partial charge in [0.05, 0.1) is 5.54 Å². The Kier molecular flexibility index (Phi) is 3.67. The molecule has 5 nitrogen and oxygen atoms in total. The average Bonchev–Trinajstić information content (AvgIpc) is 2.38. The van der Waals surface area contributed by atoms with E-state index >= 15 is 0 Å². The first-order valence-electron chi connectivity index (χ1n) is 6.33. The summed E-state index contributed by atoms with van der Waals surface area (Å²) < 4.78 is 13.2. The topological polar surface area (TPSA) is 84.5 Å². The largest absolute Gasteiger partial charge is 0.319 e. The molecule has 0 saturated heterocycles. The maximum Gasteiger partial charge on any atom is 0.264 e. The molecule has 1 aliphatic heterocycles. The van der Waals surface area contributed by atoms with Crippen molar-refractivity contribution in [3.63, 3.8) is 0 Å². The number of nitrogens with two attached hydrogens (primary N) is 1. The van der Waals surface area contributed by atoms with Crippen molar-refractivity contribution in [2.45, 2.75) is 31.7 Å². The van der Waals surface area contributed by atoms with Crippen LogP contribution in [-0.4, -0.2) is 23.2 Å². The van der Waals surface area contributed by atoms with Crippen LogP contribution in [0.1, 0.15) is 31.7 Å². The van der Waals surface area contributed by atoms with E-state index in [0.29, 0.717) is 6.42 Å². The molecule has 6 heteroatoms. The van der Waals surface area contributed by atoms with Gasteiger partial charge in [0.2, 0.25) is 5.91 Å². The second-order valence-electron chi connectivity index (χ2n) is 5.05. The molecule has 0 aliphatic carbocycles. The van der Waals surface area contributed by atoms with Crippen molar-refractivity contribution in [2.24, 2.45) is 10.7 Å². The van der Waals surface area contributed by atoms with E-state index in [1.54, 1.807) is 6.92 Å². The second-order valence-corrected chi connectivity index (χ2v) is 5.05. The lowest BCUT2D eigenvalue weighted by Gasteiger charge is -2.29. The molecular weight excluding hydrogens is 261 g/mol. The van der Waals surface area contributed by atoms with E-state index in [1.165, 1.54) is 18.2 Å². The number of nitrogens with one attached hydrogen (secondary N) is 1. The first-order valence-corrected chi connectivity index (χ1v) is 6.33. The molecule has 1 heterocycles. The highest BCUT2D eigenvalue weighted by atomic mass is 19.1. The lowest BCUT2D eigenvalue weighted by Crippen LogP contribution is -2.56. The van der Waals surface area contributed by atoms with E-state index in [2.05, 4.69) is 10.3 Å². The lowest BCUT2D eigenvalue weighted by molar-refractivity contribution is -0.130. The van der Waals surface area contributed by atoms with Gasteiger partial charge in [0.1, 0.15) is 17.6 Å². The van der Waals surface area contributed by atoms with Crippen molar-refractivity contribution in [1.82, 2.24) is 5.32 Å². The summed E-state index contributed by atoms with van der Waals surface area (Å²) in [5, 5.41) is 2.55. The smallest absolute Gasteiger partial charge is 0.264 e. The number of nitrogens with zero attached hydrogens (tertiary/aromatic N) is 1. The Morgan fingerprint density at radius 3 is 2.70 bits per heavy atom. The number of rotatable bonds is 3. The zero-order chi connectivity index (χ0) is 14.9. The van der Waals surface area contributed by atoms with Gasteiger partial charge in [0.25, 0.3) is 5.91 Å². The Balaban J connectivity index is 2.37. The van der Waals surface area contributed by atoms with Gasteiger partial charge in [0.15, 0.2) is 0 Å². The average molecular weight is 277 g/mol. The van der Waals surface area contributed by atoms with Crippen molar-refractivity contribution in [2.75, 3.05) is 0 Å². The van der Waals surface area contributed by atoms with Gasteiger partial charge in [-0.05, 0) is 31.0 Å². The normalized spacial score (nSPS) is 22.0. The van der Waals surface area contributed by atoms with Gasteiger partial charge in [-0.2, -0.15) is 4.99 Å². The molecule has 1 aromatic rings. The van der Waals surface area contributed by atoms with Crippen molar-refractivity contribution in [3.8, 4) is 0 Å². The number of benzene rings is 1. The van der Waals surface area contributed by atoms with Crippen LogP contribution < -0.4 is 11.1 Å². The predicted octanol–water partition coefficient (Wildman–Crippen LogP) is 1.09. The Bertz CT molecular complexity index is 596. The Morgan fingerprint density at radius 1 is 1.45 bits per heavy atom. The third-order valence-electron chi connectivity index (χ3n) is 3.43. The van der Waals surface area contributed by atoms with Crippen molar-refractivity contribution < 1.29 is 14.0 Å². The zero-order valence-electron chi connectivity index (χ0n) is 11.3. The SMILES string of the molecule is CCC(C)(N)C1=NC(=O)C(c2cccc(F)c2)C(=O)N1. The van der Waals surface area contributed by atoms with E-state index in [0.717, 1.165) is 6.07 Å². The van der Waals surface area contributed by atoms with Crippen molar-refractivity contribution >= 4 is 17.6 Å². The number of hydrogen-bond donors (Lipinski definition) is 2. The van der Waals surface area contributed by atoms with Crippen LogP contribution in [0.15, 0.2) is 29.3 Å². The fourth-order valence-corrected chi connectivity index (χ4v) is 1.92. The molecule has 0 fully saturated rings. The first-order chi connectivity index (χ1) is 9.35. The summed E-state index contributed by atoms with van der Waals surface area (Å²) in [4.78, 5) is 28.0. The Labute approximate surface area is 116 Å². The van der Waals surface area contributed by atoms with Crippen LogP contribution >= 0.6 is 0 Å². The van der Waals surface area contributed by atoms with Crippen molar-refractivity contribution in [1.29, 1.82) is 0 Å². The quantitative estimate of drug-likeness (QED) is 0.811. The van der Waals surface area contributed by atoms with E-state index in [-0.39, 0.29) is 11.4 Å². The van der Waals surface area contributed by atoms with Gasteiger partial charge in [0, 0.05) is 0 Å². The third kappa shape index (κ3) is 2.60. The molecule has 1 aromatic carbocycles. The van der Waals surface area contributed by atoms with Crippen LogP contribution in [0.2, 0.25) is 0 Å². The third-order valence-corrected chi connectivity index (χ3v) is 3.43. The maximum absolute atomic E-state index is 13.2. The highest BCUT2D eigenvalue weighted by Gasteiger charge is 2.38. The number of aliphatic imine (C=N–C) groups is 1. The number of hydrogen-bond acceptors (Lipinski definition) is 3. The minimum atomic E-state index is -1.12. The molecule has 2 unspecified atom stereocenters. The summed E-state index contributed by atoms with van der Waals surface area (Å²) in [6, 6.07) is 5.37. The van der Waals surface area contributed by atoms with E-state index in [4.69, 9.17) is 5.73 Å². The van der Waals surface area contributed by atoms with E-state index < -0.39 is 29.1 Å². The molecule has 0 aromatic heterocycles. The van der Waals surface area contributed by atoms with Crippen LogP contribution in [-0.2, 0) is 9.59 Å². The summed E-state index contributed by atoms with van der Waals surface area (Å²) in [7, 11) is 0. The zero-order valence-corrected chi connectivity index (χ0v) is 11.3. The molecule has 2 rings (SSSR count). The molecule has 2 atom stereocenters. The van der Waals surface area contributed by atoms with Gasteiger partial charge in [-0.1, -0.05) is 19.1 Å². The van der Waals surface area contributed by atoms with Gasteiger partial charge >= 0.3 is 0 Å². The molecule has 0 spiro atoms. The number of halogens is 1. The van der Waals surface area contributed by atoms with Gasteiger partial charge in [-0.15, -0.1) is 0 Å². The standard InChI is InChI=1S/C14H16FN3O2/c1-3-14(2,16)13-17-11(19)10(12(20)18-13)8-5-4-6-9(15)7-8/h4-7,10H,3,16H2,1-2H3,(H,17,18,19,20). The summed E-state index contributed by atoms with van der Waals surface area (Å²) in [5.41, 5.74) is 5.37. The van der Waals surface area contributed by atoms with Crippen LogP contribution in [0.5, 0.6) is 0 Å². The van der Waals surface area contributed by atoms with Crippen LogP contribution in [0.3, 0.4) is 0 Å². The first kappa shape index (κ1) is 14.3. The number of amides is 2. The monoisotopic (exact) mass is 277 g/mol. The molecule has 0 radical (unpaired) electrons. The van der Waals surface area contributed by atoms with E-state index in [1.807, 2.05) is 6.92 Å². The number of carbonyl (C=O) groups is 2. The van der Waals surface area contributed by atoms with Gasteiger partial charge < -0.3 is 11.1 Å². The van der Waals surface area contributed by atoms with Crippen LogP contribution in [0, 0.1) is 5.82 Å². The minimum Gasteiger partial charge on any atom is -0.319 e. The highest BCUT2D eigenvalue weighted by Crippen LogP contribution is 2.23. The lowest BCUT2D eigenvalue weighted by atomic mass is 9.92. The Hall–Kier alpha value is -2.08. The maximum atomic E-state index is 13.2. The number of carbonyl (C=O) groups excluding carboxylic acids is 2. The van der Waals surface area contributed by atoms with Gasteiger partial charge in [-0.25, -0.2) is 4.39 Å². The fraction of sp³-hybridized carbons (Fsp3) is 0.357. The minimum absolute atomic E-state index is 0.155. The van der Waals surface area contributed by atoms with E-state index in [9.17, 15) is 14.0 Å². The molecular formula is C14H16FN3O2. The molecule has 1 aliphatic rings. The summed E-state index contributed by atoms with van der Waals surface area (Å²) >= 11 is 0. The fourth-order valence-electron chi connectivity index (χ4n) is 1.92. The molecule has 0 bridgehead atoms. The Morgan fingerprint density at radius 2 is 2.15 bits per heavy atom. The van der Waals surface area contributed by atoms with Crippen LogP contribution in [0.4, 0.5) is 4.39 Å².